The third-order valence-corrected chi connectivity index (χ3v) is 3.19. The fourth-order valence-corrected chi connectivity index (χ4v) is 2.36. The summed E-state index contributed by atoms with van der Waals surface area (Å²) in [5, 5.41) is 0. The average molecular weight is 303 g/mol. The lowest BCUT2D eigenvalue weighted by Crippen LogP contribution is -2.19. The van der Waals surface area contributed by atoms with Gasteiger partial charge in [0.1, 0.15) is 5.75 Å². The molecule has 1 rings (SSSR count). The van der Waals surface area contributed by atoms with E-state index in [9.17, 15) is 13.2 Å². The van der Waals surface area contributed by atoms with Crippen LogP contribution in [-0.2, 0) is 12.6 Å². The molecular formula is C16H24F3NO. The minimum absolute atomic E-state index is 0.0332. The van der Waals surface area contributed by atoms with E-state index in [1.165, 1.54) is 12.1 Å². The highest BCUT2D eigenvalue weighted by Crippen LogP contribution is 2.33. The summed E-state index contributed by atoms with van der Waals surface area (Å²) in [5.74, 6) is 0.749. The smallest absolute Gasteiger partial charge is 0.416 e. The molecule has 2 N–H and O–H groups in total. The summed E-state index contributed by atoms with van der Waals surface area (Å²) in [6, 6.07) is 3.73. The summed E-state index contributed by atoms with van der Waals surface area (Å²) in [4.78, 5) is 0. The molecule has 0 fully saturated rings. The molecular weight excluding hydrogens is 279 g/mol. The summed E-state index contributed by atoms with van der Waals surface area (Å²) in [5.41, 5.74) is 5.73. The normalized spacial score (nSPS) is 14.8. The number of ether oxygens (including phenoxy) is 1. The molecule has 0 aromatic heterocycles. The third-order valence-electron chi connectivity index (χ3n) is 3.19. The van der Waals surface area contributed by atoms with Crippen molar-refractivity contribution in [3.63, 3.8) is 0 Å². The van der Waals surface area contributed by atoms with E-state index >= 15 is 0 Å². The van der Waals surface area contributed by atoms with Crippen molar-refractivity contribution in [1.29, 1.82) is 0 Å². The second kappa shape index (κ2) is 7.69. The lowest BCUT2D eigenvalue weighted by Gasteiger charge is -2.18. The molecule has 1 aromatic rings. The van der Waals surface area contributed by atoms with Crippen LogP contribution in [0.5, 0.6) is 5.75 Å². The molecule has 1 aromatic carbocycles. The van der Waals surface area contributed by atoms with Crippen LogP contribution in [0.3, 0.4) is 0 Å². The SMILES string of the molecule is CCCOc1ccc(C(F)(F)F)cc1CC(C)CC(C)N. The first-order valence-corrected chi connectivity index (χ1v) is 7.32. The highest BCUT2D eigenvalue weighted by atomic mass is 19.4. The summed E-state index contributed by atoms with van der Waals surface area (Å²) >= 11 is 0. The van der Waals surface area contributed by atoms with Crippen molar-refractivity contribution in [2.24, 2.45) is 11.7 Å². The zero-order valence-electron chi connectivity index (χ0n) is 12.8. The monoisotopic (exact) mass is 303 g/mol. The summed E-state index contributed by atoms with van der Waals surface area (Å²) in [6.45, 7) is 6.35. The molecule has 0 spiro atoms. The fourth-order valence-electron chi connectivity index (χ4n) is 2.36. The summed E-state index contributed by atoms with van der Waals surface area (Å²) < 4.78 is 44.1. The van der Waals surface area contributed by atoms with Gasteiger partial charge < -0.3 is 10.5 Å². The lowest BCUT2D eigenvalue weighted by atomic mass is 9.93. The number of alkyl halides is 3. The fraction of sp³-hybridized carbons (Fsp3) is 0.625. The van der Waals surface area contributed by atoms with Crippen LogP contribution in [0.25, 0.3) is 0 Å². The number of halogens is 3. The highest BCUT2D eigenvalue weighted by Gasteiger charge is 2.31. The van der Waals surface area contributed by atoms with Crippen LogP contribution >= 0.6 is 0 Å². The van der Waals surface area contributed by atoms with Crippen molar-refractivity contribution in [2.45, 2.75) is 52.3 Å². The van der Waals surface area contributed by atoms with Gasteiger partial charge in [-0.15, -0.1) is 0 Å². The standard InChI is InChI=1S/C16H24F3NO/c1-4-7-21-15-6-5-14(16(17,18)19)10-13(15)9-11(2)8-12(3)20/h5-6,10-12H,4,7-9,20H2,1-3H3. The molecule has 0 heterocycles. The van der Waals surface area contributed by atoms with Gasteiger partial charge in [0.25, 0.3) is 0 Å². The van der Waals surface area contributed by atoms with E-state index in [-0.39, 0.29) is 12.0 Å². The van der Waals surface area contributed by atoms with E-state index in [0.717, 1.165) is 18.9 Å². The van der Waals surface area contributed by atoms with Crippen LogP contribution in [0, 0.1) is 5.92 Å². The van der Waals surface area contributed by atoms with Gasteiger partial charge in [0.15, 0.2) is 0 Å². The Kier molecular flexibility index (Phi) is 6.52. The number of hydrogen-bond acceptors (Lipinski definition) is 2. The van der Waals surface area contributed by atoms with Gasteiger partial charge in [-0.25, -0.2) is 0 Å². The van der Waals surface area contributed by atoms with Gasteiger partial charge in [0.2, 0.25) is 0 Å². The Hall–Kier alpha value is -1.23. The molecule has 0 radical (unpaired) electrons. The van der Waals surface area contributed by atoms with Crippen molar-refractivity contribution in [3.8, 4) is 5.75 Å². The molecule has 0 saturated heterocycles. The second-order valence-electron chi connectivity index (χ2n) is 5.69. The molecule has 2 atom stereocenters. The molecule has 2 unspecified atom stereocenters. The first kappa shape index (κ1) is 17.8. The zero-order chi connectivity index (χ0) is 16.0. The van der Waals surface area contributed by atoms with Gasteiger partial charge in [-0.3, -0.25) is 0 Å². The number of hydrogen-bond donors (Lipinski definition) is 1. The van der Waals surface area contributed by atoms with Crippen LogP contribution in [0.15, 0.2) is 18.2 Å². The molecule has 0 aliphatic heterocycles. The first-order valence-electron chi connectivity index (χ1n) is 7.32. The maximum Gasteiger partial charge on any atom is 0.416 e. The predicted octanol–water partition coefficient (Wildman–Crippen LogP) is 4.41. The van der Waals surface area contributed by atoms with Crippen molar-refractivity contribution < 1.29 is 17.9 Å². The Morgan fingerprint density at radius 3 is 2.43 bits per heavy atom. The van der Waals surface area contributed by atoms with Gasteiger partial charge in [0, 0.05) is 6.04 Å². The van der Waals surface area contributed by atoms with Gasteiger partial charge in [-0.05, 0) is 55.9 Å². The molecule has 0 amide bonds. The number of nitrogens with two attached hydrogens (primary N) is 1. The van der Waals surface area contributed by atoms with E-state index in [0.29, 0.717) is 24.3 Å². The number of rotatable bonds is 7. The summed E-state index contributed by atoms with van der Waals surface area (Å²) in [7, 11) is 0. The minimum atomic E-state index is -4.33. The van der Waals surface area contributed by atoms with Gasteiger partial charge in [-0.1, -0.05) is 13.8 Å². The van der Waals surface area contributed by atoms with Crippen molar-refractivity contribution in [1.82, 2.24) is 0 Å². The Morgan fingerprint density at radius 2 is 1.90 bits per heavy atom. The van der Waals surface area contributed by atoms with Crippen LogP contribution in [0.4, 0.5) is 13.2 Å². The topological polar surface area (TPSA) is 35.2 Å². The van der Waals surface area contributed by atoms with Crippen molar-refractivity contribution in [2.75, 3.05) is 6.61 Å². The van der Waals surface area contributed by atoms with Crippen LogP contribution in [-0.4, -0.2) is 12.6 Å². The summed E-state index contributed by atoms with van der Waals surface area (Å²) in [6.07, 6.45) is -2.22. The lowest BCUT2D eigenvalue weighted by molar-refractivity contribution is -0.137. The van der Waals surface area contributed by atoms with Crippen molar-refractivity contribution >= 4 is 0 Å². The van der Waals surface area contributed by atoms with E-state index in [1.807, 2.05) is 20.8 Å². The minimum Gasteiger partial charge on any atom is -0.493 e. The average Bonchev–Trinajstić information content (AvgIpc) is 2.35. The van der Waals surface area contributed by atoms with Gasteiger partial charge in [-0.2, -0.15) is 13.2 Å². The first-order chi connectivity index (χ1) is 9.74. The molecule has 0 aliphatic rings. The van der Waals surface area contributed by atoms with Crippen molar-refractivity contribution in [3.05, 3.63) is 29.3 Å². The van der Waals surface area contributed by atoms with Gasteiger partial charge >= 0.3 is 6.18 Å². The quantitative estimate of drug-likeness (QED) is 0.809. The third kappa shape index (κ3) is 5.96. The van der Waals surface area contributed by atoms with Crippen LogP contribution in [0.2, 0.25) is 0 Å². The predicted molar refractivity (Wildman–Crippen MR) is 78.4 cm³/mol. The Morgan fingerprint density at radius 1 is 1.24 bits per heavy atom. The van der Waals surface area contributed by atoms with Gasteiger partial charge in [0.05, 0.1) is 12.2 Å². The maximum atomic E-state index is 12.8. The molecule has 0 bridgehead atoms. The Balaban J connectivity index is 2.98. The van der Waals surface area contributed by atoms with Crippen LogP contribution < -0.4 is 10.5 Å². The molecule has 2 nitrogen and oxygen atoms in total. The molecule has 5 heteroatoms. The van der Waals surface area contributed by atoms with E-state index < -0.39 is 11.7 Å². The largest absolute Gasteiger partial charge is 0.493 e. The molecule has 0 aliphatic carbocycles. The zero-order valence-corrected chi connectivity index (χ0v) is 12.8. The van der Waals surface area contributed by atoms with E-state index in [4.69, 9.17) is 10.5 Å². The van der Waals surface area contributed by atoms with E-state index in [1.54, 1.807) is 0 Å². The van der Waals surface area contributed by atoms with E-state index in [2.05, 4.69) is 0 Å². The second-order valence-corrected chi connectivity index (χ2v) is 5.69. The molecule has 120 valence electrons. The maximum absolute atomic E-state index is 12.8. The highest BCUT2D eigenvalue weighted by molar-refractivity contribution is 5.38. The number of benzene rings is 1. The molecule has 21 heavy (non-hydrogen) atoms. The van der Waals surface area contributed by atoms with Crippen LogP contribution in [0.1, 0.15) is 44.7 Å². The Bertz CT molecular complexity index is 444. The Labute approximate surface area is 124 Å². The molecule has 0 saturated carbocycles.